The fourth-order valence-electron chi connectivity index (χ4n) is 1.47. The molecule has 0 N–H and O–H groups in total. The van der Waals surface area contributed by atoms with Gasteiger partial charge >= 0.3 is 141 Å². The molecule has 0 aromatic heterocycles. The van der Waals surface area contributed by atoms with Crippen LogP contribution in [0.2, 0.25) is 0 Å². The van der Waals surface area contributed by atoms with Gasteiger partial charge in [-0.05, 0) is 0 Å². The van der Waals surface area contributed by atoms with Gasteiger partial charge in [0.2, 0.25) is 0 Å². The second-order valence-electron chi connectivity index (χ2n) is 3.24. The van der Waals surface area contributed by atoms with Gasteiger partial charge in [-0.3, -0.25) is 0 Å². The number of hydrogen-bond donors (Lipinski definition) is 0. The number of hydrogen-bond acceptors (Lipinski definition) is 6. The third-order valence-corrected chi connectivity index (χ3v) is 19.8. The van der Waals surface area contributed by atoms with Crippen LogP contribution in [0.3, 0.4) is 0 Å². The van der Waals surface area contributed by atoms with Crippen molar-refractivity contribution in [3.63, 3.8) is 0 Å². The molecule has 0 aliphatic carbocycles. The Balaban J connectivity index is 1.55. The first kappa shape index (κ1) is 13.1. The van der Waals surface area contributed by atoms with Gasteiger partial charge < -0.3 is 0 Å². The molecule has 0 nitrogen and oxygen atoms in total. The van der Waals surface area contributed by atoms with E-state index in [0.717, 1.165) is 0 Å². The third-order valence-electron chi connectivity index (χ3n) is 2.17. The van der Waals surface area contributed by atoms with E-state index in [0.29, 0.717) is 29.9 Å². The van der Waals surface area contributed by atoms with Gasteiger partial charge in [0, 0.05) is 0 Å². The summed E-state index contributed by atoms with van der Waals surface area (Å²) < 4.78 is 10.2. The Bertz CT molecular complexity index is 442. The summed E-state index contributed by atoms with van der Waals surface area (Å²) in [4.78, 5) is 0. The van der Waals surface area contributed by atoms with Crippen LogP contribution in [0.25, 0.3) is 0 Å². The summed E-state index contributed by atoms with van der Waals surface area (Å²) in [7, 11) is 0. The fourth-order valence-corrected chi connectivity index (χ4v) is 21.3. The van der Waals surface area contributed by atoms with Crippen molar-refractivity contribution in [1.29, 1.82) is 0 Å². The maximum absolute atomic E-state index is 2.11. The van der Waals surface area contributed by atoms with Gasteiger partial charge in [0.05, 0.1) is 0 Å². The molecule has 4 aliphatic heterocycles. The molecule has 0 atom stereocenters. The molecule has 4 rings (SSSR count). The van der Waals surface area contributed by atoms with Gasteiger partial charge in [0.1, 0.15) is 0 Å². The summed E-state index contributed by atoms with van der Waals surface area (Å²) in [5.41, 5.74) is 0. The molecule has 0 unspecified atom stereocenters. The van der Waals surface area contributed by atoms with Gasteiger partial charge in [0.15, 0.2) is 0 Å². The van der Waals surface area contributed by atoms with Crippen molar-refractivity contribution in [2.75, 3.05) is 16.6 Å². The summed E-state index contributed by atoms with van der Waals surface area (Å²) in [6.45, 7) is 0. The molecule has 90 valence electrons. The summed E-state index contributed by atoms with van der Waals surface area (Å²) >= 11 is 13.9. The first-order chi connectivity index (χ1) is 8.40. The molecule has 0 fully saturated rings. The molecule has 0 saturated carbocycles. The van der Waals surface area contributed by atoms with Crippen LogP contribution in [0.4, 0.5) is 0 Å². The van der Waals surface area contributed by atoms with Crippen LogP contribution in [0.1, 0.15) is 0 Å². The normalized spacial score (nSPS) is 28.2. The molecule has 4 aliphatic rings. The SMILES string of the molecule is C1CSC2=C(S1)SC(=C1[Se]C3=C(SCS3)[Se]1)S2. The molecule has 4 heterocycles. The standard InChI is InChI=1S/C9H6S6Se2/c1-2-11-5-4(10-1)14-6(15-5)9-16-7-8(17-9)13-3-12-7/h1-3H2. The monoisotopic (exact) mass is 466 g/mol. The van der Waals surface area contributed by atoms with E-state index in [1.54, 1.807) is 20.3 Å². The average molecular weight is 464 g/mol. The summed E-state index contributed by atoms with van der Waals surface area (Å²) in [5, 5.41) is 1.29. The summed E-state index contributed by atoms with van der Waals surface area (Å²) in [6, 6.07) is 0. The zero-order valence-corrected chi connectivity index (χ0v) is 16.7. The van der Waals surface area contributed by atoms with E-state index < -0.39 is 0 Å². The van der Waals surface area contributed by atoms with Gasteiger partial charge in [0.25, 0.3) is 0 Å². The van der Waals surface area contributed by atoms with Gasteiger partial charge in [-0.1, -0.05) is 0 Å². The van der Waals surface area contributed by atoms with Crippen molar-refractivity contribution in [3.8, 4) is 0 Å². The Morgan fingerprint density at radius 2 is 1.29 bits per heavy atom. The number of thioether (sulfide) groups is 6. The molecular formula is C9H6S6Se2. The average Bonchev–Trinajstić information content (AvgIpc) is 3.01. The quantitative estimate of drug-likeness (QED) is 0.490. The van der Waals surface area contributed by atoms with Crippen molar-refractivity contribution in [2.45, 2.75) is 0 Å². The first-order valence-electron chi connectivity index (χ1n) is 4.85. The van der Waals surface area contributed by atoms with Crippen molar-refractivity contribution < 1.29 is 0 Å². The van der Waals surface area contributed by atoms with Crippen LogP contribution in [0.5, 0.6) is 0 Å². The summed E-state index contributed by atoms with van der Waals surface area (Å²) in [5.74, 6) is 2.60. The predicted octanol–water partition coefficient (Wildman–Crippen LogP) is 4.19. The molecule has 0 aromatic carbocycles. The Hall–Kier alpha value is 2.36. The molecular weight excluding hydrogens is 458 g/mol. The first-order valence-corrected chi connectivity index (χ1v) is 13.9. The molecule has 0 bridgehead atoms. The van der Waals surface area contributed by atoms with Crippen LogP contribution in [-0.2, 0) is 0 Å². The van der Waals surface area contributed by atoms with Crippen LogP contribution >= 0.6 is 70.6 Å². The summed E-state index contributed by atoms with van der Waals surface area (Å²) in [6.07, 6.45) is 0. The van der Waals surface area contributed by atoms with E-state index in [-0.39, 0.29) is 0 Å². The van der Waals surface area contributed by atoms with Crippen molar-refractivity contribution in [2.24, 2.45) is 0 Å². The predicted molar refractivity (Wildman–Crippen MR) is 92.7 cm³/mol. The topological polar surface area (TPSA) is 0 Å². The maximum atomic E-state index is 2.11. The zero-order chi connectivity index (χ0) is 11.2. The van der Waals surface area contributed by atoms with E-state index in [1.807, 2.05) is 3.37 Å². The molecule has 0 amide bonds. The second kappa shape index (κ2) is 5.63. The van der Waals surface area contributed by atoms with Crippen LogP contribution in [0.15, 0.2) is 23.7 Å². The molecule has 17 heavy (non-hydrogen) atoms. The molecule has 0 spiro atoms. The Morgan fingerprint density at radius 1 is 0.706 bits per heavy atom. The Kier molecular flexibility index (Phi) is 4.32. The van der Waals surface area contributed by atoms with Gasteiger partial charge in [-0.25, -0.2) is 0 Å². The molecule has 0 saturated heterocycles. The van der Waals surface area contributed by atoms with Gasteiger partial charge in [-0.15, -0.1) is 0 Å². The van der Waals surface area contributed by atoms with E-state index in [1.165, 1.54) is 16.6 Å². The second-order valence-corrected chi connectivity index (χ2v) is 17.4. The zero-order valence-electron chi connectivity index (χ0n) is 8.39. The van der Waals surface area contributed by atoms with Crippen molar-refractivity contribution >= 4 is 100 Å². The minimum absolute atomic E-state index is 0.683. The third kappa shape index (κ3) is 2.61. The number of rotatable bonds is 0. The molecule has 0 aromatic rings. The van der Waals surface area contributed by atoms with Crippen LogP contribution in [-0.4, -0.2) is 46.5 Å². The molecule has 8 heteroatoms. The van der Waals surface area contributed by atoms with E-state index in [2.05, 4.69) is 70.6 Å². The van der Waals surface area contributed by atoms with Crippen molar-refractivity contribution in [1.82, 2.24) is 0 Å². The van der Waals surface area contributed by atoms with E-state index >= 15 is 0 Å². The Morgan fingerprint density at radius 3 is 1.88 bits per heavy atom. The van der Waals surface area contributed by atoms with Crippen LogP contribution in [0, 0.1) is 0 Å². The minimum atomic E-state index is 0.683. The Labute approximate surface area is 139 Å². The van der Waals surface area contributed by atoms with E-state index in [4.69, 9.17) is 0 Å². The van der Waals surface area contributed by atoms with E-state index in [9.17, 15) is 0 Å². The molecule has 0 radical (unpaired) electrons. The fraction of sp³-hybridized carbons (Fsp3) is 0.333. The van der Waals surface area contributed by atoms with Crippen LogP contribution < -0.4 is 0 Å². The van der Waals surface area contributed by atoms with Gasteiger partial charge in [-0.2, -0.15) is 0 Å². The van der Waals surface area contributed by atoms with Crippen molar-refractivity contribution in [3.05, 3.63) is 23.7 Å².